The number of hydrogen-bond acceptors (Lipinski definition) is 4. The standard InChI is InChI=1S/C16H18N2OS/c1-11-6-3-4-7-12(11)10-18(2)16-17-15-13(19)8-5-9-14(15)20-16/h3-4,6-7H,5,8-10H2,1-2H3. The summed E-state index contributed by atoms with van der Waals surface area (Å²) in [7, 11) is 2.04. The van der Waals surface area contributed by atoms with Crippen molar-refractivity contribution in [3.8, 4) is 0 Å². The van der Waals surface area contributed by atoms with Gasteiger partial charge in [-0.1, -0.05) is 24.3 Å². The Morgan fingerprint density at radius 1 is 1.30 bits per heavy atom. The van der Waals surface area contributed by atoms with E-state index in [9.17, 15) is 4.79 Å². The molecule has 0 saturated carbocycles. The van der Waals surface area contributed by atoms with Crippen molar-refractivity contribution in [3.05, 3.63) is 46.0 Å². The summed E-state index contributed by atoms with van der Waals surface area (Å²) < 4.78 is 0. The van der Waals surface area contributed by atoms with Gasteiger partial charge in [-0.25, -0.2) is 4.98 Å². The van der Waals surface area contributed by atoms with Crippen molar-refractivity contribution in [1.29, 1.82) is 0 Å². The molecule has 3 nitrogen and oxygen atoms in total. The van der Waals surface area contributed by atoms with Crippen LogP contribution in [0.15, 0.2) is 24.3 Å². The maximum Gasteiger partial charge on any atom is 0.186 e. The molecule has 20 heavy (non-hydrogen) atoms. The van der Waals surface area contributed by atoms with Crippen LogP contribution in [0.5, 0.6) is 0 Å². The lowest BCUT2D eigenvalue weighted by Gasteiger charge is -2.17. The van der Waals surface area contributed by atoms with Gasteiger partial charge >= 0.3 is 0 Å². The molecule has 0 unspecified atom stereocenters. The first-order valence-corrected chi connectivity index (χ1v) is 7.75. The largest absolute Gasteiger partial charge is 0.347 e. The zero-order valence-corrected chi connectivity index (χ0v) is 12.7. The van der Waals surface area contributed by atoms with Crippen molar-refractivity contribution in [3.63, 3.8) is 0 Å². The fourth-order valence-electron chi connectivity index (χ4n) is 2.53. The fraction of sp³-hybridized carbons (Fsp3) is 0.375. The second-order valence-corrected chi connectivity index (χ2v) is 6.39. The predicted molar refractivity (Wildman–Crippen MR) is 82.7 cm³/mol. The van der Waals surface area contributed by atoms with E-state index in [1.165, 1.54) is 11.1 Å². The van der Waals surface area contributed by atoms with E-state index in [0.29, 0.717) is 12.1 Å². The molecule has 0 radical (unpaired) electrons. The van der Waals surface area contributed by atoms with E-state index >= 15 is 0 Å². The average Bonchev–Trinajstić information content (AvgIpc) is 2.87. The molecule has 1 aliphatic rings. The van der Waals surface area contributed by atoms with Crippen LogP contribution < -0.4 is 4.90 Å². The Bertz CT molecular complexity index is 648. The zero-order chi connectivity index (χ0) is 14.1. The molecule has 0 fully saturated rings. The fourth-order valence-corrected chi connectivity index (χ4v) is 3.61. The van der Waals surface area contributed by atoms with Gasteiger partial charge in [-0.15, -0.1) is 11.3 Å². The first kappa shape index (κ1) is 13.3. The number of carbonyl (C=O) groups excluding carboxylic acids is 1. The summed E-state index contributed by atoms with van der Waals surface area (Å²) >= 11 is 1.67. The molecule has 0 aliphatic heterocycles. The Labute approximate surface area is 123 Å². The number of ketones is 1. The second-order valence-electron chi connectivity index (χ2n) is 5.33. The molecule has 0 amide bonds. The molecule has 0 saturated heterocycles. The van der Waals surface area contributed by atoms with Gasteiger partial charge in [0, 0.05) is 24.9 Å². The topological polar surface area (TPSA) is 33.2 Å². The molecular weight excluding hydrogens is 268 g/mol. The number of fused-ring (bicyclic) bond motifs is 1. The number of hydrogen-bond donors (Lipinski definition) is 0. The summed E-state index contributed by atoms with van der Waals surface area (Å²) in [6.07, 6.45) is 2.61. The van der Waals surface area contributed by atoms with Crippen molar-refractivity contribution >= 4 is 22.3 Å². The van der Waals surface area contributed by atoms with E-state index in [1.54, 1.807) is 11.3 Å². The highest BCUT2D eigenvalue weighted by molar-refractivity contribution is 7.15. The smallest absolute Gasteiger partial charge is 0.186 e. The van der Waals surface area contributed by atoms with Crippen LogP contribution in [0.4, 0.5) is 5.13 Å². The molecule has 1 aliphatic carbocycles. The lowest BCUT2D eigenvalue weighted by Crippen LogP contribution is -2.17. The minimum atomic E-state index is 0.207. The highest BCUT2D eigenvalue weighted by Crippen LogP contribution is 2.31. The van der Waals surface area contributed by atoms with Crippen LogP contribution in [0.25, 0.3) is 0 Å². The first-order chi connectivity index (χ1) is 9.65. The first-order valence-electron chi connectivity index (χ1n) is 6.93. The number of carbonyl (C=O) groups is 1. The SMILES string of the molecule is Cc1ccccc1CN(C)c1nc2c(s1)CCCC2=O. The van der Waals surface area contributed by atoms with Gasteiger partial charge in [0.2, 0.25) is 0 Å². The maximum absolute atomic E-state index is 11.9. The number of rotatable bonds is 3. The molecule has 1 aromatic carbocycles. The van der Waals surface area contributed by atoms with E-state index < -0.39 is 0 Å². The second kappa shape index (κ2) is 5.37. The molecule has 0 spiro atoms. The van der Waals surface area contributed by atoms with Gasteiger partial charge in [0.05, 0.1) is 0 Å². The van der Waals surface area contributed by atoms with E-state index in [2.05, 4.69) is 41.1 Å². The Morgan fingerprint density at radius 2 is 2.10 bits per heavy atom. The number of aryl methyl sites for hydroxylation is 2. The molecular formula is C16H18N2OS. The molecule has 4 heteroatoms. The minimum absolute atomic E-state index is 0.207. The number of benzene rings is 1. The number of aromatic nitrogens is 1. The van der Waals surface area contributed by atoms with Crippen molar-refractivity contribution in [2.45, 2.75) is 32.7 Å². The third-order valence-electron chi connectivity index (χ3n) is 3.75. The molecule has 3 rings (SSSR count). The van der Waals surface area contributed by atoms with Gasteiger partial charge in [0.25, 0.3) is 0 Å². The third-order valence-corrected chi connectivity index (χ3v) is 4.98. The summed E-state index contributed by atoms with van der Waals surface area (Å²) in [5.74, 6) is 0.207. The van der Waals surface area contributed by atoms with Gasteiger partial charge in [0.15, 0.2) is 10.9 Å². The lowest BCUT2D eigenvalue weighted by atomic mass is 10.0. The van der Waals surface area contributed by atoms with Crippen LogP contribution in [0, 0.1) is 6.92 Å². The maximum atomic E-state index is 11.9. The third kappa shape index (κ3) is 2.48. The number of Topliss-reactive ketones (excluding diaryl/α,β-unsaturated/α-hetero) is 1. The summed E-state index contributed by atoms with van der Waals surface area (Å²) in [6.45, 7) is 2.95. The van der Waals surface area contributed by atoms with E-state index in [1.807, 2.05) is 7.05 Å². The summed E-state index contributed by atoms with van der Waals surface area (Å²) in [4.78, 5) is 19.7. The number of nitrogens with zero attached hydrogens (tertiary/aromatic N) is 2. The molecule has 0 bridgehead atoms. The summed E-state index contributed by atoms with van der Waals surface area (Å²) in [6, 6.07) is 8.39. The van der Waals surface area contributed by atoms with Crippen LogP contribution in [-0.2, 0) is 13.0 Å². The van der Waals surface area contributed by atoms with Crippen LogP contribution in [-0.4, -0.2) is 17.8 Å². The summed E-state index contributed by atoms with van der Waals surface area (Å²) in [5.41, 5.74) is 3.30. The van der Waals surface area contributed by atoms with E-state index in [4.69, 9.17) is 0 Å². The van der Waals surface area contributed by atoms with Crippen molar-refractivity contribution in [2.75, 3.05) is 11.9 Å². The minimum Gasteiger partial charge on any atom is -0.347 e. The predicted octanol–water partition coefficient (Wildman–Crippen LogP) is 3.61. The molecule has 0 atom stereocenters. The zero-order valence-electron chi connectivity index (χ0n) is 11.8. The van der Waals surface area contributed by atoms with E-state index in [-0.39, 0.29) is 5.78 Å². The van der Waals surface area contributed by atoms with Crippen molar-refractivity contribution in [2.24, 2.45) is 0 Å². The normalized spacial score (nSPS) is 14.2. The molecule has 0 N–H and O–H groups in total. The molecule has 1 heterocycles. The Balaban J connectivity index is 1.83. The Kier molecular flexibility index (Phi) is 3.57. The van der Waals surface area contributed by atoms with Crippen molar-refractivity contribution < 1.29 is 4.79 Å². The van der Waals surface area contributed by atoms with Crippen LogP contribution in [0.1, 0.15) is 39.3 Å². The van der Waals surface area contributed by atoms with Gasteiger partial charge in [-0.3, -0.25) is 4.79 Å². The molecule has 104 valence electrons. The molecule has 2 aromatic rings. The van der Waals surface area contributed by atoms with Crippen LogP contribution in [0.3, 0.4) is 0 Å². The quantitative estimate of drug-likeness (QED) is 0.864. The summed E-state index contributed by atoms with van der Waals surface area (Å²) in [5, 5.41) is 0.952. The van der Waals surface area contributed by atoms with Gasteiger partial charge < -0.3 is 4.90 Å². The highest BCUT2D eigenvalue weighted by atomic mass is 32.1. The van der Waals surface area contributed by atoms with Crippen LogP contribution in [0.2, 0.25) is 0 Å². The number of thiazole rings is 1. The molecule has 1 aromatic heterocycles. The lowest BCUT2D eigenvalue weighted by molar-refractivity contribution is 0.0968. The number of anilines is 1. The monoisotopic (exact) mass is 286 g/mol. The van der Waals surface area contributed by atoms with Gasteiger partial charge in [-0.2, -0.15) is 0 Å². The van der Waals surface area contributed by atoms with E-state index in [0.717, 1.165) is 29.4 Å². The van der Waals surface area contributed by atoms with Gasteiger partial charge in [0.1, 0.15) is 5.69 Å². The highest BCUT2D eigenvalue weighted by Gasteiger charge is 2.23. The Morgan fingerprint density at radius 3 is 2.85 bits per heavy atom. The van der Waals surface area contributed by atoms with Crippen molar-refractivity contribution in [1.82, 2.24) is 4.98 Å². The Hall–Kier alpha value is -1.68. The van der Waals surface area contributed by atoms with Gasteiger partial charge in [-0.05, 0) is 30.9 Å². The van der Waals surface area contributed by atoms with Crippen LogP contribution >= 0.6 is 11.3 Å². The average molecular weight is 286 g/mol.